The molecule has 38 heavy (non-hydrogen) atoms. The Morgan fingerprint density at radius 1 is 0.395 bits per heavy atom. The number of hydrogen-bond donors (Lipinski definition) is 0. The van der Waals surface area contributed by atoms with Crippen LogP contribution in [-0.2, 0) is 97.9 Å². The summed E-state index contributed by atoms with van der Waals surface area (Å²) < 4.78 is 139. The van der Waals surface area contributed by atoms with Gasteiger partial charge in [0.2, 0.25) is 0 Å². The van der Waals surface area contributed by atoms with Crippen molar-refractivity contribution in [3.8, 4) is 0 Å². The minimum absolute atomic E-state index is 0. The zero-order valence-corrected chi connectivity index (χ0v) is 29.3. The van der Waals surface area contributed by atoms with Gasteiger partial charge in [-0.05, 0) is 25.7 Å². The average Bonchev–Trinajstić information content (AvgIpc) is 2.61. The monoisotopic (exact) mass is 858 g/mol. The van der Waals surface area contributed by atoms with Crippen LogP contribution in [0.15, 0.2) is 0 Å². The molecule has 0 aromatic heterocycles. The summed E-state index contributed by atoms with van der Waals surface area (Å²) in [5.41, 5.74) is 0. The quantitative estimate of drug-likeness (QED) is 0.165. The van der Waals surface area contributed by atoms with Gasteiger partial charge in [0.15, 0.2) is 0 Å². The Hall–Kier alpha value is 0.855. The standard InChI is InChI=1S/C16H36N.Ce.4Mn.16O/c1-5-9-13-17(14-10-6-2,15-11-7-3)16-12-8-4;;;;;;;;;;;;;;;;;;;;;/h5-16H2,1-4H3;;;;;;;;;;;;;;;;;;;;;/q+1;+3;;;;;;;;;;;;;;;;;4*-1. The molecular formula is C16H36CeMn4NO16. The maximum atomic E-state index is 8.58. The van der Waals surface area contributed by atoms with Gasteiger partial charge in [0, 0.05) is 0 Å². The Balaban J connectivity index is -0.0000000997. The van der Waals surface area contributed by atoms with Crippen LogP contribution in [0.25, 0.3) is 0 Å². The van der Waals surface area contributed by atoms with E-state index in [4.69, 9.17) is 62.8 Å². The first-order chi connectivity index (χ1) is 16.2. The number of nitrogens with zero attached hydrogens (tertiary/aromatic N) is 1. The summed E-state index contributed by atoms with van der Waals surface area (Å²) in [5.74, 6) is 0. The average molecular weight is 858 g/mol. The summed E-state index contributed by atoms with van der Waals surface area (Å²) in [6.07, 6.45) is 11.1. The van der Waals surface area contributed by atoms with E-state index in [-0.39, 0.29) is 41.7 Å². The van der Waals surface area contributed by atoms with Crippen LogP contribution in [0.1, 0.15) is 79.1 Å². The fourth-order valence-corrected chi connectivity index (χ4v) is 2.64. The van der Waals surface area contributed by atoms with Crippen LogP contribution in [-0.4, -0.2) is 30.7 Å². The van der Waals surface area contributed by atoms with Crippen molar-refractivity contribution >= 4 is 0 Å². The fraction of sp³-hybridized carbons (Fsp3) is 1.00. The van der Waals surface area contributed by atoms with E-state index in [0.717, 1.165) is 0 Å². The number of unbranched alkanes of at least 4 members (excludes halogenated alkanes) is 4. The van der Waals surface area contributed by atoms with E-state index in [1.807, 2.05) is 0 Å². The molecule has 22 heteroatoms. The molecule has 0 amide bonds. The molecule has 0 N–H and O–H groups in total. The van der Waals surface area contributed by atoms with Crippen molar-refractivity contribution < 1.29 is 161 Å². The van der Waals surface area contributed by atoms with Crippen LogP contribution in [0.4, 0.5) is 0 Å². The van der Waals surface area contributed by atoms with Gasteiger partial charge in [-0.2, -0.15) is 0 Å². The van der Waals surface area contributed by atoms with Crippen molar-refractivity contribution in [1.82, 2.24) is 0 Å². The van der Waals surface area contributed by atoms with Gasteiger partial charge < -0.3 is 4.48 Å². The van der Waals surface area contributed by atoms with Gasteiger partial charge in [-0.15, -0.1) is 0 Å². The number of quaternary nitrogens is 1. The van der Waals surface area contributed by atoms with Crippen LogP contribution in [0.3, 0.4) is 0 Å². The van der Waals surface area contributed by atoms with Crippen LogP contribution in [0.5, 0.6) is 0 Å². The molecule has 0 aliphatic rings. The van der Waals surface area contributed by atoms with Crippen molar-refractivity contribution in [2.45, 2.75) is 79.1 Å². The molecule has 0 spiro atoms. The van der Waals surface area contributed by atoms with Gasteiger partial charge in [0.1, 0.15) is 0 Å². The molecule has 17 nitrogen and oxygen atoms in total. The second-order valence-electron chi connectivity index (χ2n) is 7.16. The van der Waals surface area contributed by atoms with Crippen molar-refractivity contribution in [1.29, 1.82) is 0 Å². The normalized spacial score (nSPS) is 11.4. The van der Waals surface area contributed by atoms with E-state index in [9.17, 15) is 0 Å². The Morgan fingerprint density at radius 3 is 0.579 bits per heavy atom. The molecule has 0 heterocycles. The molecule has 0 atom stereocenters. The Labute approximate surface area is 263 Å². The summed E-state index contributed by atoms with van der Waals surface area (Å²) in [6.45, 7) is 15.0. The van der Waals surface area contributed by atoms with Gasteiger partial charge in [0.25, 0.3) is 0 Å². The molecule has 0 aliphatic heterocycles. The first-order valence-corrected chi connectivity index (χ1v) is 18.3. The minimum atomic E-state index is -5.62. The topological polar surface area (TPSA) is 297 Å². The molecule has 0 aromatic rings. The van der Waals surface area contributed by atoms with E-state index >= 15 is 0 Å². The van der Waals surface area contributed by atoms with Crippen molar-refractivity contribution in [2.24, 2.45) is 0 Å². The van der Waals surface area contributed by atoms with E-state index < -0.39 is 51.9 Å². The molecular weight excluding hydrogens is 822 g/mol. The third kappa shape index (κ3) is 109. The van der Waals surface area contributed by atoms with Crippen LogP contribution in [0.2, 0.25) is 0 Å². The van der Waals surface area contributed by atoms with E-state index in [1.165, 1.54) is 82.0 Å². The zero-order chi connectivity index (χ0) is 31.0. The third-order valence-corrected chi connectivity index (χ3v) is 3.94. The van der Waals surface area contributed by atoms with E-state index in [0.29, 0.717) is 0 Å². The molecule has 1 radical (unpaired) electrons. The maximum absolute atomic E-state index is 8.58. The number of hydrogen-bond acceptors (Lipinski definition) is 16. The molecule has 0 rings (SSSR count). The fourth-order valence-electron chi connectivity index (χ4n) is 2.64. The second-order valence-corrected chi connectivity index (χ2v) is 11.9. The SMILES string of the molecule is CCCC[N+](CCCC)(CCCC)CCCC.[Ce+3].[O]=[Mn](=[O])(=[O])[O-].[O]=[Mn](=[O])(=[O])[O-].[O]=[Mn](=[O])(=[O])[O-].[O]=[Mn](=[O])(=[O])[O-]. The molecule has 0 aromatic carbocycles. The van der Waals surface area contributed by atoms with Gasteiger partial charge in [-0.1, -0.05) is 53.4 Å². The molecule has 0 aliphatic carbocycles. The Kier molecular flexibility index (Phi) is 38.0. The zero-order valence-electron chi connectivity index (χ0n) is 21.5. The van der Waals surface area contributed by atoms with Gasteiger partial charge >= 0.3 is 156 Å². The van der Waals surface area contributed by atoms with Gasteiger partial charge in [-0.25, -0.2) is 0 Å². The van der Waals surface area contributed by atoms with Crippen molar-refractivity contribution in [3.05, 3.63) is 0 Å². The molecule has 0 unspecified atom stereocenters. The Morgan fingerprint density at radius 2 is 0.500 bits per heavy atom. The van der Waals surface area contributed by atoms with Crippen LogP contribution >= 0.6 is 0 Å². The molecule has 0 fully saturated rings. The third-order valence-electron chi connectivity index (χ3n) is 3.94. The summed E-state index contributed by atoms with van der Waals surface area (Å²) >= 11 is -22.5. The number of rotatable bonds is 12. The van der Waals surface area contributed by atoms with E-state index in [1.54, 1.807) is 0 Å². The summed E-state index contributed by atoms with van der Waals surface area (Å²) in [7, 11) is 0. The van der Waals surface area contributed by atoms with Crippen molar-refractivity contribution in [3.63, 3.8) is 0 Å². The summed E-state index contributed by atoms with van der Waals surface area (Å²) in [6, 6.07) is 0. The van der Waals surface area contributed by atoms with Crippen molar-refractivity contribution in [2.75, 3.05) is 26.2 Å². The molecule has 0 bridgehead atoms. The second kappa shape index (κ2) is 28.0. The van der Waals surface area contributed by atoms with Crippen LogP contribution in [0, 0.1) is 41.7 Å². The molecule has 233 valence electrons. The first-order valence-electron chi connectivity index (χ1n) is 10.6. The van der Waals surface area contributed by atoms with Crippen LogP contribution < -0.4 is 16.8 Å². The predicted molar refractivity (Wildman–Crippen MR) is 87.6 cm³/mol. The predicted octanol–water partition coefficient (Wildman–Crippen LogP) is -1.19. The first kappa shape index (κ1) is 51.6. The molecule has 0 saturated heterocycles. The summed E-state index contributed by atoms with van der Waals surface area (Å²) in [4.78, 5) is 0. The Bertz CT molecular complexity index is 964. The van der Waals surface area contributed by atoms with Gasteiger partial charge in [0.05, 0.1) is 26.2 Å². The molecule has 0 saturated carbocycles. The summed E-state index contributed by atoms with van der Waals surface area (Å²) in [5, 5.41) is 0. The van der Waals surface area contributed by atoms with Gasteiger partial charge in [-0.3, -0.25) is 0 Å². The van der Waals surface area contributed by atoms with E-state index in [2.05, 4.69) is 27.7 Å².